The topological polar surface area (TPSA) is 73.9 Å². The zero-order valence-corrected chi connectivity index (χ0v) is 10.3. The molecule has 0 aliphatic heterocycles. The molecule has 0 saturated carbocycles. The normalized spacial score (nSPS) is 11.1. The Bertz CT molecular complexity index is 367. The van der Waals surface area contributed by atoms with Crippen molar-refractivity contribution in [3.8, 4) is 0 Å². The molecule has 0 fully saturated rings. The smallest absolute Gasteiger partial charge is 0.372 e. The van der Waals surface area contributed by atoms with Gasteiger partial charge in [-0.1, -0.05) is 6.92 Å². The van der Waals surface area contributed by atoms with Crippen LogP contribution in [0.25, 0.3) is 0 Å². The molecule has 2 N–H and O–H groups in total. The van der Waals surface area contributed by atoms with Crippen molar-refractivity contribution >= 4 is 5.97 Å². The molecule has 17 heavy (non-hydrogen) atoms. The van der Waals surface area contributed by atoms with Gasteiger partial charge in [0, 0.05) is 12.1 Å². The van der Waals surface area contributed by atoms with Gasteiger partial charge in [0.2, 0.25) is 5.76 Å². The lowest BCUT2D eigenvalue weighted by atomic mass is 10.2. The van der Waals surface area contributed by atoms with Gasteiger partial charge >= 0.3 is 5.97 Å². The number of carboxylic acid groups (broad SMARTS) is 1. The number of aryl methyl sites for hydroxylation is 1. The number of rotatable bonds is 7. The van der Waals surface area contributed by atoms with Crippen LogP contribution in [-0.2, 0) is 6.54 Å². The summed E-state index contributed by atoms with van der Waals surface area (Å²) in [5.41, 5.74) is 0.632. The number of nitrogens with zero attached hydrogens (tertiary/aromatic N) is 1. The quantitative estimate of drug-likeness (QED) is 0.756. The van der Waals surface area contributed by atoms with Gasteiger partial charge in [0.25, 0.3) is 0 Å². The molecule has 1 aromatic heterocycles. The third-order valence-electron chi connectivity index (χ3n) is 2.50. The molecule has 96 valence electrons. The monoisotopic (exact) mass is 241 g/mol. The maximum Gasteiger partial charge on any atom is 0.372 e. The van der Waals surface area contributed by atoms with E-state index in [0.717, 1.165) is 13.0 Å². The van der Waals surface area contributed by atoms with Crippen LogP contribution in [0.15, 0.2) is 10.5 Å². The van der Waals surface area contributed by atoms with Crippen molar-refractivity contribution in [3.05, 3.63) is 23.2 Å². The molecular formula is C12H19NO4. The maximum atomic E-state index is 10.8. The summed E-state index contributed by atoms with van der Waals surface area (Å²) in [5, 5.41) is 17.8. The third kappa shape index (κ3) is 3.87. The van der Waals surface area contributed by atoms with Crippen molar-refractivity contribution in [1.82, 2.24) is 4.90 Å². The van der Waals surface area contributed by atoms with Gasteiger partial charge in [0.15, 0.2) is 0 Å². The van der Waals surface area contributed by atoms with Gasteiger partial charge in [0.05, 0.1) is 13.2 Å². The van der Waals surface area contributed by atoms with Crippen LogP contribution in [0, 0.1) is 6.92 Å². The third-order valence-corrected chi connectivity index (χ3v) is 2.50. The molecule has 0 aliphatic carbocycles. The number of hydrogen-bond acceptors (Lipinski definition) is 4. The minimum absolute atomic E-state index is 0.000414. The van der Waals surface area contributed by atoms with Gasteiger partial charge < -0.3 is 14.6 Å². The molecule has 0 aromatic carbocycles. The van der Waals surface area contributed by atoms with E-state index in [4.69, 9.17) is 14.6 Å². The molecule has 0 unspecified atom stereocenters. The van der Waals surface area contributed by atoms with Crippen molar-refractivity contribution in [3.63, 3.8) is 0 Å². The predicted molar refractivity (Wildman–Crippen MR) is 63.1 cm³/mol. The summed E-state index contributed by atoms with van der Waals surface area (Å²) in [4.78, 5) is 12.9. The Kier molecular flexibility index (Phi) is 5.18. The minimum atomic E-state index is -1.04. The zero-order valence-electron chi connectivity index (χ0n) is 10.3. The van der Waals surface area contributed by atoms with Gasteiger partial charge in [-0.25, -0.2) is 4.79 Å². The van der Waals surface area contributed by atoms with E-state index < -0.39 is 5.97 Å². The van der Waals surface area contributed by atoms with Gasteiger partial charge in [-0.2, -0.15) is 0 Å². The van der Waals surface area contributed by atoms with E-state index >= 15 is 0 Å². The van der Waals surface area contributed by atoms with Crippen molar-refractivity contribution in [2.45, 2.75) is 26.8 Å². The molecule has 1 rings (SSSR count). The molecule has 0 bridgehead atoms. The Morgan fingerprint density at radius 1 is 1.47 bits per heavy atom. The van der Waals surface area contributed by atoms with Crippen molar-refractivity contribution < 1.29 is 19.4 Å². The second kappa shape index (κ2) is 6.42. The lowest BCUT2D eigenvalue weighted by molar-refractivity contribution is 0.0656. The fraction of sp³-hybridized carbons (Fsp3) is 0.583. The van der Waals surface area contributed by atoms with Gasteiger partial charge in [-0.05, 0) is 26.0 Å². The van der Waals surface area contributed by atoms with Crippen LogP contribution in [-0.4, -0.2) is 40.8 Å². The average molecular weight is 241 g/mol. The summed E-state index contributed by atoms with van der Waals surface area (Å²) in [7, 11) is 0. The first kappa shape index (κ1) is 13.7. The van der Waals surface area contributed by atoms with E-state index in [1.165, 1.54) is 0 Å². The van der Waals surface area contributed by atoms with Gasteiger partial charge in [-0.15, -0.1) is 0 Å². The molecule has 0 aliphatic rings. The van der Waals surface area contributed by atoms with Crippen LogP contribution >= 0.6 is 0 Å². The Balaban J connectivity index is 2.72. The van der Waals surface area contributed by atoms with Crippen LogP contribution in [0.4, 0.5) is 0 Å². The number of hydrogen-bond donors (Lipinski definition) is 2. The van der Waals surface area contributed by atoms with E-state index in [2.05, 4.69) is 6.92 Å². The SMILES string of the molecule is CCCN(CCO)Cc1cc(C)c(C(=O)O)o1. The first-order valence-electron chi connectivity index (χ1n) is 5.74. The minimum Gasteiger partial charge on any atom is -0.475 e. The van der Waals surface area contributed by atoms with Crippen LogP contribution in [0.2, 0.25) is 0 Å². The Morgan fingerprint density at radius 3 is 2.65 bits per heavy atom. The molecule has 0 radical (unpaired) electrons. The number of aliphatic hydroxyl groups excluding tert-OH is 1. The second-order valence-corrected chi connectivity index (χ2v) is 4.03. The van der Waals surface area contributed by atoms with Gasteiger partial charge in [0.1, 0.15) is 5.76 Å². The van der Waals surface area contributed by atoms with E-state index in [0.29, 0.717) is 24.4 Å². The molecule has 0 spiro atoms. The zero-order chi connectivity index (χ0) is 12.8. The predicted octanol–water partition coefficient (Wildman–Crippen LogP) is 1.49. The van der Waals surface area contributed by atoms with E-state index in [-0.39, 0.29) is 12.4 Å². The standard InChI is InChI=1S/C12H19NO4/c1-3-4-13(5-6-14)8-10-7-9(2)11(17-10)12(15)16/h7,14H,3-6,8H2,1-2H3,(H,15,16). The number of furan rings is 1. The van der Waals surface area contributed by atoms with Crippen molar-refractivity contribution in [2.24, 2.45) is 0 Å². The van der Waals surface area contributed by atoms with E-state index in [1.54, 1.807) is 13.0 Å². The summed E-state index contributed by atoms with van der Waals surface area (Å²) >= 11 is 0. The summed E-state index contributed by atoms with van der Waals surface area (Å²) in [6.07, 6.45) is 0.978. The molecule has 5 nitrogen and oxygen atoms in total. The largest absolute Gasteiger partial charge is 0.475 e. The van der Waals surface area contributed by atoms with E-state index in [1.807, 2.05) is 4.90 Å². The van der Waals surface area contributed by atoms with Crippen LogP contribution in [0.1, 0.15) is 35.2 Å². The average Bonchev–Trinajstić information content (AvgIpc) is 2.60. The fourth-order valence-electron chi connectivity index (χ4n) is 1.79. The first-order chi connectivity index (χ1) is 8.08. The molecule has 5 heteroatoms. The molecule has 0 saturated heterocycles. The lowest BCUT2D eigenvalue weighted by Gasteiger charge is -2.18. The molecular weight excluding hydrogens is 222 g/mol. The maximum absolute atomic E-state index is 10.8. The van der Waals surface area contributed by atoms with Crippen LogP contribution < -0.4 is 0 Å². The fourth-order valence-corrected chi connectivity index (χ4v) is 1.79. The summed E-state index contributed by atoms with van der Waals surface area (Å²) in [5.74, 6) is -0.416. The van der Waals surface area contributed by atoms with Crippen LogP contribution in [0.3, 0.4) is 0 Å². The second-order valence-electron chi connectivity index (χ2n) is 4.03. The Hall–Kier alpha value is -1.33. The highest BCUT2D eigenvalue weighted by Gasteiger charge is 2.15. The van der Waals surface area contributed by atoms with Gasteiger partial charge in [-0.3, -0.25) is 4.90 Å². The summed E-state index contributed by atoms with van der Waals surface area (Å²) in [6, 6.07) is 1.74. The number of carboxylic acids is 1. The van der Waals surface area contributed by atoms with E-state index in [9.17, 15) is 4.79 Å². The Morgan fingerprint density at radius 2 is 2.18 bits per heavy atom. The molecule has 0 atom stereocenters. The number of aliphatic hydroxyl groups is 1. The number of aromatic carboxylic acids is 1. The van der Waals surface area contributed by atoms with Crippen molar-refractivity contribution in [1.29, 1.82) is 0 Å². The Labute approximate surface area is 101 Å². The first-order valence-corrected chi connectivity index (χ1v) is 5.74. The summed E-state index contributed by atoms with van der Waals surface area (Å²) < 4.78 is 5.28. The molecule has 1 heterocycles. The van der Waals surface area contributed by atoms with Crippen molar-refractivity contribution in [2.75, 3.05) is 19.7 Å². The van der Waals surface area contributed by atoms with Crippen LogP contribution in [0.5, 0.6) is 0 Å². The highest BCUT2D eigenvalue weighted by Crippen LogP contribution is 2.16. The molecule has 1 aromatic rings. The highest BCUT2D eigenvalue weighted by molar-refractivity contribution is 5.86. The summed E-state index contributed by atoms with van der Waals surface area (Å²) in [6.45, 7) is 5.81. The lowest BCUT2D eigenvalue weighted by Crippen LogP contribution is -2.27. The highest BCUT2D eigenvalue weighted by atomic mass is 16.4. The number of carbonyl (C=O) groups is 1. The molecule has 0 amide bonds.